The number of nitrogens with zero attached hydrogens (tertiary/aromatic N) is 3. The monoisotopic (exact) mass is 268 g/mol. The first-order chi connectivity index (χ1) is 8.84. The predicted molar refractivity (Wildman–Crippen MR) is 78.1 cm³/mol. The maximum absolute atomic E-state index is 10.2. The highest BCUT2D eigenvalue weighted by Crippen LogP contribution is 2.09. The summed E-state index contributed by atoms with van der Waals surface area (Å²) in [6, 6.07) is 2.46. The number of nitrogens with one attached hydrogen (secondary N) is 1. The Labute approximate surface area is 116 Å². The first-order valence-electron chi connectivity index (χ1n) is 6.96. The number of aliphatic hydroxyl groups is 1. The van der Waals surface area contributed by atoms with E-state index in [0.29, 0.717) is 25.7 Å². The molecule has 0 saturated carbocycles. The lowest BCUT2D eigenvalue weighted by atomic mass is 10.1. The number of rotatable bonds is 8. The summed E-state index contributed by atoms with van der Waals surface area (Å²) in [5.74, 6) is 0. The summed E-state index contributed by atoms with van der Waals surface area (Å²) in [4.78, 5) is 1.99. The topological polar surface area (TPSA) is 53.3 Å². The van der Waals surface area contributed by atoms with Crippen LogP contribution in [0.4, 0.5) is 0 Å². The largest absolute Gasteiger partial charge is 0.388 e. The molecule has 0 aliphatic carbocycles. The molecule has 110 valence electrons. The fourth-order valence-corrected chi connectivity index (χ4v) is 2.10. The van der Waals surface area contributed by atoms with Crippen molar-refractivity contribution in [2.45, 2.75) is 45.4 Å². The Kier molecular flexibility index (Phi) is 5.97. The van der Waals surface area contributed by atoms with Gasteiger partial charge in [-0.15, -0.1) is 0 Å². The third-order valence-corrected chi connectivity index (χ3v) is 3.17. The van der Waals surface area contributed by atoms with Crippen molar-refractivity contribution in [1.82, 2.24) is 20.0 Å². The smallest absolute Gasteiger partial charge is 0.0869 e. The summed E-state index contributed by atoms with van der Waals surface area (Å²) in [5.41, 5.74) is 0.295. The lowest BCUT2D eigenvalue weighted by Gasteiger charge is -2.27. The van der Waals surface area contributed by atoms with Crippen LogP contribution >= 0.6 is 0 Å². The summed E-state index contributed by atoms with van der Waals surface area (Å²) in [6.45, 7) is 8.04. The second kappa shape index (κ2) is 7.03. The summed E-state index contributed by atoms with van der Waals surface area (Å²) in [6.07, 6.45) is 3.09. The lowest BCUT2D eigenvalue weighted by Crippen LogP contribution is -2.45. The molecule has 19 heavy (non-hydrogen) atoms. The number of hydrogen-bond donors (Lipinski definition) is 2. The molecule has 0 spiro atoms. The van der Waals surface area contributed by atoms with Crippen molar-refractivity contribution in [3.05, 3.63) is 18.0 Å². The second-order valence-corrected chi connectivity index (χ2v) is 5.88. The van der Waals surface area contributed by atoms with E-state index in [-0.39, 0.29) is 0 Å². The molecule has 2 atom stereocenters. The molecule has 2 unspecified atom stereocenters. The molecule has 5 heteroatoms. The zero-order valence-corrected chi connectivity index (χ0v) is 12.8. The standard InChI is InChI=1S/C14H28N4O/c1-6-12(2)18-8-7-13(16-18)9-15-10-14(3,19)11-17(4)5/h7-8,12,15,19H,6,9-11H2,1-5H3. The molecule has 1 aromatic rings. The van der Waals surface area contributed by atoms with Gasteiger partial charge in [0, 0.05) is 31.9 Å². The van der Waals surface area contributed by atoms with Gasteiger partial charge in [0.05, 0.1) is 11.3 Å². The average Bonchev–Trinajstić information content (AvgIpc) is 2.74. The van der Waals surface area contributed by atoms with E-state index in [1.54, 1.807) is 0 Å². The van der Waals surface area contributed by atoms with Gasteiger partial charge in [-0.1, -0.05) is 6.92 Å². The quantitative estimate of drug-likeness (QED) is 0.745. The third-order valence-electron chi connectivity index (χ3n) is 3.17. The van der Waals surface area contributed by atoms with Crippen LogP contribution < -0.4 is 5.32 Å². The van der Waals surface area contributed by atoms with Gasteiger partial charge in [0.2, 0.25) is 0 Å². The van der Waals surface area contributed by atoms with E-state index in [0.717, 1.165) is 12.1 Å². The minimum absolute atomic E-state index is 0.436. The molecule has 1 aromatic heterocycles. The van der Waals surface area contributed by atoms with Crippen LogP contribution in [0.5, 0.6) is 0 Å². The third kappa shape index (κ3) is 5.72. The number of hydrogen-bond acceptors (Lipinski definition) is 4. The Morgan fingerprint density at radius 3 is 2.79 bits per heavy atom. The van der Waals surface area contributed by atoms with Crippen LogP contribution in [0.2, 0.25) is 0 Å². The van der Waals surface area contributed by atoms with Crippen LogP contribution in [0.15, 0.2) is 12.3 Å². The van der Waals surface area contributed by atoms with Gasteiger partial charge in [0.15, 0.2) is 0 Å². The molecular formula is C14H28N4O. The van der Waals surface area contributed by atoms with Crippen molar-refractivity contribution < 1.29 is 5.11 Å². The van der Waals surface area contributed by atoms with Crippen molar-refractivity contribution in [3.8, 4) is 0 Å². The fraction of sp³-hybridized carbons (Fsp3) is 0.786. The van der Waals surface area contributed by atoms with Gasteiger partial charge in [0.1, 0.15) is 0 Å². The van der Waals surface area contributed by atoms with E-state index in [9.17, 15) is 5.11 Å². The van der Waals surface area contributed by atoms with Crippen molar-refractivity contribution >= 4 is 0 Å². The van der Waals surface area contributed by atoms with Crippen LogP contribution in [0.25, 0.3) is 0 Å². The lowest BCUT2D eigenvalue weighted by molar-refractivity contribution is 0.0335. The van der Waals surface area contributed by atoms with Gasteiger partial charge in [-0.2, -0.15) is 5.10 Å². The Hall–Kier alpha value is -0.910. The highest BCUT2D eigenvalue weighted by atomic mass is 16.3. The average molecular weight is 268 g/mol. The molecule has 0 fully saturated rings. The summed E-state index contributed by atoms with van der Waals surface area (Å²) in [5, 5.41) is 18.0. The zero-order chi connectivity index (χ0) is 14.5. The Balaban J connectivity index is 2.39. The first-order valence-corrected chi connectivity index (χ1v) is 6.96. The van der Waals surface area contributed by atoms with Gasteiger partial charge < -0.3 is 15.3 Å². The molecule has 0 bridgehead atoms. The van der Waals surface area contributed by atoms with Gasteiger partial charge in [0.25, 0.3) is 0 Å². The maximum Gasteiger partial charge on any atom is 0.0869 e. The molecule has 5 nitrogen and oxygen atoms in total. The minimum atomic E-state index is -0.719. The molecule has 2 N–H and O–H groups in total. The Bertz CT molecular complexity index is 373. The SMILES string of the molecule is CCC(C)n1ccc(CNCC(C)(O)CN(C)C)n1. The van der Waals surface area contributed by atoms with Crippen molar-refractivity contribution in [2.75, 3.05) is 27.2 Å². The molecule has 1 rings (SSSR count). The molecule has 1 heterocycles. The molecule has 0 saturated heterocycles. The van der Waals surface area contributed by atoms with Gasteiger partial charge >= 0.3 is 0 Å². The van der Waals surface area contributed by atoms with Crippen LogP contribution in [0.3, 0.4) is 0 Å². The normalized spacial score (nSPS) is 16.6. The van der Waals surface area contributed by atoms with E-state index in [4.69, 9.17) is 0 Å². The van der Waals surface area contributed by atoms with Crippen molar-refractivity contribution in [2.24, 2.45) is 0 Å². The fourth-order valence-electron chi connectivity index (χ4n) is 2.10. The van der Waals surface area contributed by atoms with Crippen LogP contribution in [0.1, 0.15) is 38.9 Å². The van der Waals surface area contributed by atoms with Crippen LogP contribution in [-0.4, -0.2) is 52.6 Å². The number of aromatic nitrogens is 2. The minimum Gasteiger partial charge on any atom is -0.388 e. The first kappa shape index (κ1) is 16.1. The molecular weight excluding hydrogens is 240 g/mol. The maximum atomic E-state index is 10.2. The predicted octanol–water partition coefficient (Wildman–Crippen LogP) is 1.26. The van der Waals surface area contributed by atoms with Gasteiger partial charge in [-0.3, -0.25) is 4.68 Å². The highest BCUT2D eigenvalue weighted by Gasteiger charge is 2.20. The van der Waals surface area contributed by atoms with Crippen LogP contribution in [0, 0.1) is 0 Å². The van der Waals surface area contributed by atoms with Crippen molar-refractivity contribution in [3.63, 3.8) is 0 Å². The Morgan fingerprint density at radius 1 is 1.53 bits per heavy atom. The zero-order valence-electron chi connectivity index (χ0n) is 12.8. The Morgan fingerprint density at radius 2 is 2.21 bits per heavy atom. The van der Waals surface area contributed by atoms with Crippen LogP contribution in [-0.2, 0) is 6.54 Å². The molecule has 0 aliphatic heterocycles. The van der Waals surface area contributed by atoms with Crippen molar-refractivity contribution in [1.29, 1.82) is 0 Å². The molecule has 0 aliphatic rings. The van der Waals surface area contributed by atoms with E-state index in [1.807, 2.05) is 42.9 Å². The van der Waals surface area contributed by atoms with E-state index in [1.165, 1.54) is 0 Å². The van der Waals surface area contributed by atoms with E-state index in [2.05, 4.69) is 24.3 Å². The van der Waals surface area contributed by atoms with E-state index >= 15 is 0 Å². The van der Waals surface area contributed by atoms with E-state index < -0.39 is 5.60 Å². The van der Waals surface area contributed by atoms with Gasteiger partial charge in [-0.05, 0) is 40.4 Å². The summed E-state index contributed by atoms with van der Waals surface area (Å²) in [7, 11) is 3.92. The second-order valence-electron chi connectivity index (χ2n) is 5.88. The summed E-state index contributed by atoms with van der Waals surface area (Å²) < 4.78 is 2.00. The number of likely N-dealkylation sites (N-methyl/N-ethyl adjacent to an activating group) is 1. The molecule has 0 amide bonds. The molecule has 0 radical (unpaired) electrons. The molecule has 0 aromatic carbocycles. The summed E-state index contributed by atoms with van der Waals surface area (Å²) >= 11 is 0. The highest BCUT2D eigenvalue weighted by molar-refractivity contribution is 4.99. The van der Waals surface area contributed by atoms with Gasteiger partial charge in [-0.25, -0.2) is 0 Å².